The van der Waals surface area contributed by atoms with Crippen molar-refractivity contribution in [3.05, 3.63) is 24.2 Å². The van der Waals surface area contributed by atoms with E-state index in [0.29, 0.717) is 18.1 Å². The van der Waals surface area contributed by atoms with Crippen molar-refractivity contribution in [2.24, 2.45) is 11.3 Å². The number of fused-ring (bicyclic) bond motifs is 1. The van der Waals surface area contributed by atoms with E-state index in [-0.39, 0.29) is 11.5 Å². The van der Waals surface area contributed by atoms with Crippen LogP contribution in [0, 0.1) is 11.3 Å². The minimum absolute atomic E-state index is 0.237. The minimum Gasteiger partial charge on any atom is -0.468 e. The molecule has 1 aliphatic heterocycles. The summed E-state index contributed by atoms with van der Waals surface area (Å²) in [6.45, 7) is 6.47. The van der Waals surface area contributed by atoms with Crippen LogP contribution in [-0.2, 0) is 4.74 Å². The average molecular weight is 278 g/mol. The minimum atomic E-state index is 0.237. The molecule has 3 rings (SSSR count). The monoisotopic (exact) mass is 278 g/mol. The van der Waals surface area contributed by atoms with Crippen LogP contribution in [0.5, 0.6) is 0 Å². The second kappa shape index (κ2) is 5.17. The third-order valence-corrected chi connectivity index (χ3v) is 5.13. The van der Waals surface area contributed by atoms with Crippen LogP contribution in [0.4, 0.5) is 0 Å². The number of hydrogen-bond donors (Lipinski definition) is 1. The van der Waals surface area contributed by atoms with Gasteiger partial charge in [0.05, 0.1) is 18.4 Å². The van der Waals surface area contributed by atoms with Gasteiger partial charge < -0.3 is 14.5 Å². The van der Waals surface area contributed by atoms with E-state index in [2.05, 4.69) is 44.2 Å². The molecular weight excluding hydrogens is 252 g/mol. The quantitative estimate of drug-likeness (QED) is 0.897. The number of furan rings is 1. The fourth-order valence-electron chi connectivity index (χ4n) is 4.00. The second-order valence-corrected chi connectivity index (χ2v) is 6.95. The molecule has 0 spiro atoms. The summed E-state index contributed by atoms with van der Waals surface area (Å²) in [6, 6.07) is 4.84. The van der Waals surface area contributed by atoms with E-state index in [1.807, 2.05) is 6.07 Å². The van der Waals surface area contributed by atoms with E-state index < -0.39 is 0 Å². The first-order valence-electron chi connectivity index (χ1n) is 7.56. The van der Waals surface area contributed by atoms with Gasteiger partial charge >= 0.3 is 0 Å². The van der Waals surface area contributed by atoms with Crippen molar-refractivity contribution >= 4 is 0 Å². The Hall–Kier alpha value is -0.840. The highest BCUT2D eigenvalue weighted by atomic mass is 16.5. The summed E-state index contributed by atoms with van der Waals surface area (Å²) < 4.78 is 11.4. The Bertz CT molecular complexity index is 441. The van der Waals surface area contributed by atoms with Crippen LogP contribution in [0.25, 0.3) is 0 Å². The first-order valence-corrected chi connectivity index (χ1v) is 7.56. The highest BCUT2D eigenvalue weighted by molar-refractivity contribution is 5.12. The Morgan fingerprint density at radius 1 is 1.45 bits per heavy atom. The van der Waals surface area contributed by atoms with E-state index in [1.165, 1.54) is 6.42 Å². The lowest BCUT2D eigenvalue weighted by atomic mass is 9.57. The molecule has 4 nitrogen and oxygen atoms in total. The molecule has 4 unspecified atom stereocenters. The molecule has 0 bridgehead atoms. The van der Waals surface area contributed by atoms with Gasteiger partial charge in [0, 0.05) is 30.5 Å². The van der Waals surface area contributed by atoms with Crippen LogP contribution >= 0.6 is 0 Å². The molecule has 1 aliphatic carbocycles. The molecule has 20 heavy (non-hydrogen) atoms. The summed E-state index contributed by atoms with van der Waals surface area (Å²) in [4.78, 5) is 2.21. The predicted octanol–water partition coefficient (Wildman–Crippen LogP) is 2.29. The molecule has 4 atom stereocenters. The zero-order chi connectivity index (χ0) is 14.3. The summed E-state index contributed by atoms with van der Waals surface area (Å²) in [5.74, 6) is 1.71. The van der Waals surface area contributed by atoms with Gasteiger partial charge in [-0.1, -0.05) is 13.8 Å². The summed E-state index contributed by atoms with van der Waals surface area (Å²) in [7, 11) is 4.20. The lowest BCUT2D eigenvalue weighted by Crippen LogP contribution is -2.66. The molecular formula is C16H26N2O2. The number of nitrogens with zero attached hydrogens (tertiary/aromatic N) is 1. The van der Waals surface area contributed by atoms with E-state index in [1.54, 1.807) is 6.26 Å². The van der Waals surface area contributed by atoms with Gasteiger partial charge in [-0.15, -0.1) is 0 Å². The molecule has 112 valence electrons. The lowest BCUT2D eigenvalue weighted by molar-refractivity contribution is -0.113. The SMILES string of the molecule is CN(C)C(CNC1C2CCOC2C1(C)C)c1ccco1. The Morgan fingerprint density at radius 2 is 2.25 bits per heavy atom. The van der Waals surface area contributed by atoms with Crippen molar-refractivity contribution in [1.29, 1.82) is 0 Å². The van der Waals surface area contributed by atoms with E-state index in [9.17, 15) is 0 Å². The number of nitrogens with one attached hydrogen (secondary N) is 1. The van der Waals surface area contributed by atoms with Gasteiger partial charge in [-0.05, 0) is 32.6 Å². The maximum atomic E-state index is 5.85. The molecule has 0 radical (unpaired) electrons. The smallest absolute Gasteiger partial charge is 0.122 e. The summed E-state index contributed by atoms with van der Waals surface area (Å²) >= 11 is 0. The Labute approximate surface area is 121 Å². The first-order chi connectivity index (χ1) is 9.51. The largest absolute Gasteiger partial charge is 0.468 e. The predicted molar refractivity (Wildman–Crippen MR) is 78.6 cm³/mol. The van der Waals surface area contributed by atoms with Crippen LogP contribution in [0.2, 0.25) is 0 Å². The Morgan fingerprint density at radius 3 is 2.90 bits per heavy atom. The van der Waals surface area contributed by atoms with Gasteiger partial charge in [0.15, 0.2) is 0 Å². The lowest BCUT2D eigenvalue weighted by Gasteiger charge is -2.55. The van der Waals surface area contributed by atoms with Gasteiger partial charge in [-0.2, -0.15) is 0 Å². The maximum Gasteiger partial charge on any atom is 0.122 e. The van der Waals surface area contributed by atoms with Crippen molar-refractivity contribution in [2.45, 2.75) is 38.5 Å². The summed E-state index contributed by atoms with van der Waals surface area (Å²) in [6.07, 6.45) is 3.39. The fraction of sp³-hybridized carbons (Fsp3) is 0.750. The van der Waals surface area contributed by atoms with E-state index in [4.69, 9.17) is 9.15 Å². The van der Waals surface area contributed by atoms with E-state index in [0.717, 1.165) is 18.9 Å². The highest BCUT2D eigenvalue weighted by Crippen LogP contribution is 2.52. The number of ether oxygens (including phenoxy) is 1. The molecule has 2 heterocycles. The molecule has 0 amide bonds. The van der Waals surface area contributed by atoms with Crippen molar-refractivity contribution in [1.82, 2.24) is 10.2 Å². The second-order valence-electron chi connectivity index (χ2n) is 6.95. The summed E-state index contributed by atoms with van der Waals surface area (Å²) in [5.41, 5.74) is 0.237. The molecule has 2 aliphatic rings. The zero-order valence-electron chi connectivity index (χ0n) is 12.9. The molecule has 1 aromatic heterocycles. The summed E-state index contributed by atoms with van der Waals surface area (Å²) in [5, 5.41) is 3.77. The number of likely N-dealkylation sites (N-methyl/N-ethyl adjacent to an activating group) is 1. The van der Waals surface area contributed by atoms with Gasteiger partial charge in [-0.25, -0.2) is 0 Å². The third kappa shape index (κ3) is 2.20. The molecule has 1 saturated heterocycles. The standard InChI is InChI=1S/C16H26N2O2/c1-16(2)14(11-7-9-20-15(11)16)17-10-12(18(3)4)13-6-5-8-19-13/h5-6,8,11-12,14-15,17H,7,9-10H2,1-4H3. The van der Waals surface area contributed by atoms with Crippen LogP contribution in [-0.4, -0.2) is 44.3 Å². The fourth-order valence-corrected chi connectivity index (χ4v) is 4.00. The van der Waals surface area contributed by atoms with Crippen molar-refractivity contribution in [3.8, 4) is 0 Å². The van der Waals surface area contributed by atoms with Gasteiger partial charge in [0.1, 0.15) is 5.76 Å². The van der Waals surface area contributed by atoms with Crippen molar-refractivity contribution in [2.75, 3.05) is 27.2 Å². The normalized spacial score (nSPS) is 33.0. The number of hydrogen-bond acceptors (Lipinski definition) is 4. The Balaban J connectivity index is 1.63. The third-order valence-electron chi connectivity index (χ3n) is 5.13. The molecule has 1 saturated carbocycles. The molecule has 2 fully saturated rings. The first kappa shape index (κ1) is 14.1. The zero-order valence-corrected chi connectivity index (χ0v) is 12.9. The highest BCUT2D eigenvalue weighted by Gasteiger charge is 2.59. The van der Waals surface area contributed by atoms with Gasteiger partial charge in [0.2, 0.25) is 0 Å². The maximum absolute atomic E-state index is 5.85. The van der Waals surface area contributed by atoms with Crippen LogP contribution in [0.15, 0.2) is 22.8 Å². The number of rotatable bonds is 5. The Kier molecular flexibility index (Phi) is 3.65. The molecule has 4 heteroatoms. The van der Waals surface area contributed by atoms with Crippen molar-refractivity contribution < 1.29 is 9.15 Å². The van der Waals surface area contributed by atoms with Gasteiger partial charge in [0.25, 0.3) is 0 Å². The van der Waals surface area contributed by atoms with Crippen LogP contribution in [0.3, 0.4) is 0 Å². The molecule has 0 aromatic carbocycles. The van der Waals surface area contributed by atoms with Crippen LogP contribution in [0.1, 0.15) is 32.1 Å². The molecule has 1 aromatic rings. The van der Waals surface area contributed by atoms with Gasteiger partial charge in [-0.3, -0.25) is 4.90 Å². The van der Waals surface area contributed by atoms with Crippen molar-refractivity contribution in [3.63, 3.8) is 0 Å². The van der Waals surface area contributed by atoms with Crippen LogP contribution < -0.4 is 5.32 Å². The van der Waals surface area contributed by atoms with E-state index >= 15 is 0 Å². The average Bonchev–Trinajstić information content (AvgIpc) is 3.03. The topological polar surface area (TPSA) is 37.6 Å². The molecule has 1 N–H and O–H groups in total.